The predicted octanol–water partition coefficient (Wildman–Crippen LogP) is 13.0. The number of allylic oxidation sites excluding steroid dienone is 3. The number of rotatable bonds is 26. The fourth-order valence-electron chi connectivity index (χ4n) is 6.62. The molecule has 0 spiro atoms. The van der Waals surface area contributed by atoms with Crippen LogP contribution in [0.2, 0.25) is 51.4 Å². The van der Waals surface area contributed by atoms with Crippen LogP contribution in [0.25, 0.3) is 12.2 Å². The van der Waals surface area contributed by atoms with Crippen LogP contribution in [0.5, 0.6) is 0 Å². The van der Waals surface area contributed by atoms with Gasteiger partial charge in [0.25, 0.3) is 0 Å². The van der Waals surface area contributed by atoms with Gasteiger partial charge in [-0.1, -0.05) is 139 Å². The minimum absolute atomic E-state index is 0. The summed E-state index contributed by atoms with van der Waals surface area (Å²) in [6.07, 6.45) is 19.5. The Morgan fingerprint density at radius 2 is 1.12 bits per heavy atom. The van der Waals surface area contributed by atoms with E-state index in [1.54, 1.807) is 13.8 Å². The van der Waals surface area contributed by atoms with Crippen molar-refractivity contribution in [2.24, 2.45) is 0 Å². The molecule has 0 saturated heterocycles. The first kappa shape index (κ1) is 79.1. The third-order valence-corrected chi connectivity index (χ3v) is 14.3. The predicted molar refractivity (Wildman–Crippen MR) is 326 cm³/mol. The van der Waals surface area contributed by atoms with Crippen molar-refractivity contribution in [2.75, 3.05) is 13.2 Å². The summed E-state index contributed by atoms with van der Waals surface area (Å²) in [5.41, 5.74) is 6.92. The molecule has 0 radical (unpaired) electrons. The molecule has 4 N–H and O–H groups in total. The summed E-state index contributed by atoms with van der Waals surface area (Å²) >= 11 is 6.51. The number of hydrogen-bond acceptors (Lipinski definition) is 9. The van der Waals surface area contributed by atoms with E-state index in [4.69, 9.17) is 18.9 Å². The Kier molecular flexibility index (Phi) is 44.9. The number of aliphatic hydroxyl groups is 2. The smallest absolute Gasteiger partial charge is 0.462 e. The monoisotopic (exact) mass is 1200 g/mol. The SMILES string of the molecule is CCCC#CC[C@H](CC/C=C/c1cc(C)cc(C)c1C(=O)OCC[Si](C)(C)C)OC(C)(C)O.CCCC=C(Br)Br.Cc1cc(C)c(C(=O)OCC[Si](C)(C)C)c(/C=C/CC[C@@H](C=O)OC(C)(C)O)c1.O.[CH2-]CCC.[Li+]. The molecule has 0 aliphatic rings. The van der Waals surface area contributed by atoms with Gasteiger partial charge in [0.05, 0.1) is 33.8 Å². The van der Waals surface area contributed by atoms with Crippen LogP contribution in [-0.4, -0.2) is 87.1 Å². The van der Waals surface area contributed by atoms with Gasteiger partial charge in [0, 0.05) is 29.0 Å². The normalized spacial score (nSPS) is 12.1. The minimum atomic E-state index is -1.35. The van der Waals surface area contributed by atoms with E-state index in [9.17, 15) is 24.6 Å². The molecule has 0 aliphatic carbocycles. The molecule has 422 valence electrons. The van der Waals surface area contributed by atoms with Crippen molar-refractivity contribution >= 4 is 78.4 Å². The van der Waals surface area contributed by atoms with Crippen LogP contribution in [0.15, 0.2) is 45.9 Å². The Balaban J connectivity index is -0.000000549. The zero-order chi connectivity index (χ0) is 56.4. The van der Waals surface area contributed by atoms with Crippen LogP contribution in [-0.2, 0) is 23.7 Å². The Bertz CT molecular complexity index is 2060. The van der Waals surface area contributed by atoms with E-state index in [-0.39, 0.29) is 42.4 Å². The van der Waals surface area contributed by atoms with Crippen molar-refractivity contribution in [1.82, 2.24) is 0 Å². The molecule has 0 aliphatic heterocycles. The van der Waals surface area contributed by atoms with Gasteiger partial charge >= 0.3 is 30.8 Å². The standard InChI is InChI=1S/C28H44O4Si.C23H36O5Si.C5H8Br2.C4H9.Li.H2O/c1-9-10-11-12-16-25(32-28(4,5)30)17-14-13-15-24-21-22(2)20-23(3)26(24)27(29)31-18-19-33(6,7)8;1-17-14-18(2)21(22(25)27-12-13-29(5,6)7)19(15-17)10-8-9-11-20(16-24)28-23(3,4)26;1-2-3-4-5(6)7;1-3-4-2;;/h13,15,20-21,25,30H,9-10,14,16-19H2,1-8H3;8,10,14-16,20,26H,9,11-13H2,1-7H3;4H,2-3H2,1H3;1,3-4H2,2H3;;1H2/q;;;-1;+1;/b15-13+;10-8+;;;;/t25-;20-;;;;/m10..../s1. The van der Waals surface area contributed by atoms with E-state index in [2.05, 4.69) is 123 Å². The second-order valence-electron chi connectivity index (χ2n) is 21.8. The second-order valence-corrected chi connectivity index (χ2v) is 35.8. The number of ether oxygens (including phenoxy) is 4. The molecule has 0 bridgehead atoms. The van der Waals surface area contributed by atoms with Gasteiger partial charge in [0.2, 0.25) is 0 Å². The number of aryl methyl sites for hydroxylation is 4. The third kappa shape index (κ3) is 44.2. The molecule has 0 aromatic heterocycles. The van der Waals surface area contributed by atoms with Gasteiger partial charge in [-0.3, -0.25) is 0 Å². The largest absolute Gasteiger partial charge is 1.00 e. The molecule has 0 fully saturated rings. The van der Waals surface area contributed by atoms with Crippen molar-refractivity contribution in [3.05, 3.63) is 97.3 Å². The van der Waals surface area contributed by atoms with Crippen LogP contribution < -0.4 is 18.9 Å². The summed E-state index contributed by atoms with van der Waals surface area (Å²) in [6.45, 7) is 38.6. The zero-order valence-corrected chi connectivity index (χ0v) is 54.9. The molecule has 15 heteroatoms. The average molecular weight is 1200 g/mol. The maximum atomic E-state index is 12.8. The quantitative estimate of drug-likeness (QED) is 0.0233. The molecular weight excluding hydrogens is 1100 g/mol. The number of esters is 2. The third-order valence-electron chi connectivity index (χ3n) is 10.3. The van der Waals surface area contributed by atoms with Gasteiger partial charge < -0.3 is 46.4 Å². The van der Waals surface area contributed by atoms with Crippen molar-refractivity contribution in [1.29, 1.82) is 0 Å². The van der Waals surface area contributed by atoms with Crippen LogP contribution in [0.4, 0.5) is 0 Å². The van der Waals surface area contributed by atoms with Crippen LogP contribution in [0, 0.1) is 46.5 Å². The van der Waals surface area contributed by atoms with Gasteiger partial charge in [0.15, 0.2) is 11.6 Å². The summed E-state index contributed by atoms with van der Waals surface area (Å²) in [7, 11) is -2.53. The molecule has 2 aromatic carbocycles. The maximum absolute atomic E-state index is 12.8. The van der Waals surface area contributed by atoms with Crippen molar-refractivity contribution < 1.29 is 67.9 Å². The Morgan fingerprint density at radius 3 is 1.45 bits per heavy atom. The fourth-order valence-corrected chi connectivity index (χ4v) is 8.50. The molecule has 0 heterocycles. The van der Waals surface area contributed by atoms with Crippen LogP contribution in [0.1, 0.15) is 173 Å². The summed E-state index contributed by atoms with van der Waals surface area (Å²) in [4.78, 5) is 36.7. The topological polar surface area (TPSA) is 160 Å². The van der Waals surface area contributed by atoms with Gasteiger partial charge in [-0.15, -0.1) is 11.8 Å². The van der Waals surface area contributed by atoms with Gasteiger partial charge in [-0.25, -0.2) is 9.59 Å². The first-order chi connectivity index (χ1) is 33.8. The van der Waals surface area contributed by atoms with Gasteiger partial charge in [-0.2, -0.15) is 6.42 Å². The summed E-state index contributed by atoms with van der Waals surface area (Å²) < 4.78 is 23.3. The number of benzene rings is 2. The molecule has 75 heavy (non-hydrogen) atoms. The Labute approximate surface area is 487 Å². The molecule has 0 saturated carbocycles. The first-order valence-electron chi connectivity index (χ1n) is 26.2. The number of aldehydes is 1. The average Bonchev–Trinajstić information content (AvgIpc) is 3.25. The van der Waals surface area contributed by atoms with E-state index in [1.807, 2.05) is 70.2 Å². The summed E-state index contributed by atoms with van der Waals surface area (Å²) in [5.74, 6) is 3.23. The van der Waals surface area contributed by atoms with Crippen molar-refractivity contribution in [3.8, 4) is 11.8 Å². The first-order valence-corrected chi connectivity index (χ1v) is 35.2. The molecule has 2 aromatic rings. The summed E-state index contributed by atoms with van der Waals surface area (Å²) in [5, 5.41) is 19.8. The van der Waals surface area contributed by atoms with Crippen LogP contribution >= 0.6 is 31.9 Å². The molecule has 0 amide bonds. The molecule has 2 atom stereocenters. The van der Waals surface area contributed by atoms with Crippen molar-refractivity contribution in [2.45, 2.75) is 222 Å². The number of carbonyl (C=O) groups is 3. The molecule has 10 nitrogen and oxygen atoms in total. The fraction of sp³-hybridized carbons (Fsp3) is 0.600. The number of unbranched alkanes of at least 4 members (excludes halogenated alkanes) is 3. The van der Waals surface area contributed by atoms with Gasteiger partial charge in [0.1, 0.15) is 12.4 Å². The maximum Gasteiger partial charge on any atom is 1.00 e. The Hall–Kier alpha value is -2.38. The molecular formula is C60H99Br2LiO10Si2. The van der Waals surface area contributed by atoms with E-state index in [1.165, 1.54) is 26.7 Å². The van der Waals surface area contributed by atoms with Gasteiger partial charge in [-0.05, 0) is 160 Å². The molecule has 0 unspecified atom stereocenters. The second kappa shape index (κ2) is 42.6. The van der Waals surface area contributed by atoms with E-state index >= 15 is 0 Å². The van der Waals surface area contributed by atoms with Crippen molar-refractivity contribution in [3.63, 3.8) is 0 Å². The Morgan fingerprint density at radius 1 is 0.693 bits per heavy atom. The van der Waals surface area contributed by atoms with Crippen LogP contribution in [0.3, 0.4) is 0 Å². The minimum Gasteiger partial charge on any atom is -0.462 e. The van der Waals surface area contributed by atoms with E-state index in [0.717, 1.165) is 87.4 Å². The number of hydrogen-bond donors (Lipinski definition) is 2. The number of carbonyl (C=O) groups excluding carboxylic acids is 3. The zero-order valence-electron chi connectivity index (χ0n) is 49.8. The van der Waals surface area contributed by atoms with E-state index in [0.29, 0.717) is 49.9 Å². The number of halogens is 2. The van der Waals surface area contributed by atoms with E-state index < -0.39 is 33.8 Å². The summed E-state index contributed by atoms with van der Waals surface area (Å²) in [6, 6.07) is 9.88. The molecule has 2 rings (SSSR count).